The van der Waals surface area contributed by atoms with E-state index in [2.05, 4.69) is 77.5 Å². The third-order valence-electron chi connectivity index (χ3n) is 16.2. The van der Waals surface area contributed by atoms with E-state index in [0.717, 1.165) is 84.3 Å². The van der Waals surface area contributed by atoms with Gasteiger partial charge in [0.25, 0.3) is 0 Å². The molecule has 8 aliphatic rings. The monoisotopic (exact) mass is 717 g/mol. The van der Waals surface area contributed by atoms with Gasteiger partial charge in [-0.1, -0.05) is 68.5 Å². The van der Waals surface area contributed by atoms with Gasteiger partial charge >= 0.3 is 0 Å². The molecule has 272 valence electrons. The number of allylic oxidation sites excluding steroid dienone is 4. The zero-order valence-corrected chi connectivity index (χ0v) is 31.3. The van der Waals surface area contributed by atoms with Crippen LogP contribution in [0.1, 0.15) is 81.3 Å². The van der Waals surface area contributed by atoms with E-state index < -0.39 is 16.6 Å². The number of aliphatic hydroxyl groups excluding tert-OH is 1. The maximum atomic E-state index is 15.1. The lowest BCUT2D eigenvalue weighted by atomic mass is 9.32. The molecule has 8 atom stereocenters. The topological polar surface area (TPSA) is 93.1 Å². The lowest BCUT2D eigenvalue weighted by Crippen LogP contribution is -2.67. The Morgan fingerprint density at radius 1 is 0.904 bits per heavy atom. The summed E-state index contributed by atoms with van der Waals surface area (Å²) in [6, 6.07) is 20.6. The van der Waals surface area contributed by atoms with Crippen LogP contribution in [0.4, 0.5) is 5.69 Å². The summed E-state index contributed by atoms with van der Waals surface area (Å²) in [5.41, 5.74) is -0.718. The minimum absolute atomic E-state index is 0.0549. The molecule has 11 rings (SSSR count). The van der Waals surface area contributed by atoms with E-state index in [9.17, 15) is 15.0 Å². The van der Waals surface area contributed by atoms with Crippen molar-refractivity contribution in [1.82, 2.24) is 10.2 Å². The lowest BCUT2D eigenvalue weighted by Gasteiger charge is -2.71. The molecule has 2 saturated heterocycles. The molecule has 2 aromatic carbocycles. The van der Waals surface area contributed by atoms with Crippen LogP contribution < -0.4 is 10.2 Å². The average Bonchev–Trinajstić information content (AvgIpc) is 3.80. The first kappa shape index (κ1) is 33.3. The molecular weight excluding hydrogens is 667 g/mol. The Morgan fingerprint density at radius 3 is 2.40 bits per heavy atom. The SMILES string of the molecule is CC12CCC(O)CC13C=CC1(C(C(=O)c4cc5ccccc5s4)=C3)C2CCC2(C)C1CCC2(O)CN1CCC2(CC1)C(=O)NCN2c1ccccc1. The third-order valence-corrected chi connectivity index (χ3v) is 17.3. The van der Waals surface area contributed by atoms with E-state index in [-0.39, 0.29) is 45.9 Å². The van der Waals surface area contributed by atoms with E-state index in [1.165, 1.54) is 0 Å². The predicted octanol–water partition coefficient (Wildman–Crippen LogP) is 7.10. The van der Waals surface area contributed by atoms with Crippen molar-refractivity contribution >= 4 is 38.8 Å². The fraction of sp³-hybridized carbons (Fsp3) is 0.545. The normalized spacial score (nSPS) is 40.4. The van der Waals surface area contributed by atoms with Crippen molar-refractivity contribution in [3.8, 4) is 0 Å². The highest BCUT2D eigenvalue weighted by Crippen LogP contribution is 2.78. The molecule has 52 heavy (non-hydrogen) atoms. The summed E-state index contributed by atoms with van der Waals surface area (Å²) >= 11 is 1.59. The molecule has 3 N–H and O–H groups in total. The smallest absolute Gasteiger partial charge is 0.247 e. The van der Waals surface area contributed by atoms with E-state index in [0.29, 0.717) is 26.1 Å². The largest absolute Gasteiger partial charge is 0.393 e. The Kier molecular flexibility index (Phi) is 7.12. The molecule has 5 fully saturated rings. The van der Waals surface area contributed by atoms with Gasteiger partial charge in [-0.15, -0.1) is 11.3 Å². The van der Waals surface area contributed by atoms with Gasteiger partial charge in [0.15, 0.2) is 5.78 Å². The van der Waals surface area contributed by atoms with Gasteiger partial charge < -0.3 is 25.3 Å². The molecule has 0 radical (unpaired) electrons. The zero-order chi connectivity index (χ0) is 35.7. The summed E-state index contributed by atoms with van der Waals surface area (Å²) in [7, 11) is 0. The number of thiophene rings is 1. The molecule has 3 spiro atoms. The molecule has 1 aromatic heterocycles. The van der Waals surface area contributed by atoms with Gasteiger partial charge in [0.2, 0.25) is 5.91 Å². The van der Waals surface area contributed by atoms with Crippen LogP contribution in [-0.4, -0.2) is 70.4 Å². The van der Waals surface area contributed by atoms with Gasteiger partial charge in [0.05, 0.1) is 23.3 Å². The number of rotatable bonds is 5. The molecule has 2 aliphatic heterocycles. The fourth-order valence-corrected chi connectivity index (χ4v) is 14.3. The summed E-state index contributed by atoms with van der Waals surface area (Å²) < 4.78 is 1.13. The molecular formula is C44H51N3O4S. The number of nitrogens with one attached hydrogen (secondary N) is 1. The number of benzene rings is 2. The Hall–Kier alpha value is -3.30. The molecule has 8 heteroatoms. The molecule has 3 aromatic rings. The number of Topliss-reactive ketones (excluding diaryl/α,β-unsaturated/α-hetero) is 1. The quantitative estimate of drug-likeness (QED) is 0.193. The van der Waals surface area contributed by atoms with Crippen LogP contribution in [-0.2, 0) is 4.79 Å². The molecule has 8 unspecified atom stereocenters. The molecule has 3 saturated carbocycles. The maximum absolute atomic E-state index is 15.1. The standard InChI is InChI=1S/C44H51N3O4S/c1-39-15-12-31(48)25-41(39)18-19-44(32(26-41)37(49)34-24-29-8-6-7-11-33(29)52-34)35(39)13-16-40(2)36(44)14-17-43(40,51)27-46-22-20-42(21-23-46)38(50)45-28-47(42)30-9-4-3-5-10-30/h3-11,18-19,24,26,31,35-36,48,51H,12-17,20-23,25,27-28H2,1-2H3,(H,45,50). The van der Waals surface area contributed by atoms with Crippen LogP contribution in [0.25, 0.3) is 10.1 Å². The number of piperidine rings is 1. The number of fused-ring (bicyclic) bond motifs is 2. The van der Waals surface area contributed by atoms with Gasteiger partial charge in [-0.05, 0) is 105 Å². The summed E-state index contributed by atoms with van der Waals surface area (Å²) in [4.78, 5) is 33.9. The predicted molar refractivity (Wildman–Crippen MR) is 205 cm³/mol. The molecule has 7 nitrogen and oxygen atoms in total. The number of aliphatic hydroxyl groups is 2. The number of nitrogens with zero attached hydrogens (tertiary/aromatic N) is 2. The Balaban J connectivity index is 0.983. The summed E-state index contributed by atoms with van der Waals surface area (Å²) in [6.45, 7) is 7.41. The average molecular weight is 718 g/mol. The summed E-state index contributed by atoms with van der Waals surface area (Å²) in [5.74, 6) is 0.646. The number of carbonyl (C=O) groups is 2. The van der Waals surface area contributed by atoms with Crippen molar-refractivity contribution in [2.24, 2.45) is 33.5 Å². The van der Waals surface area contributed by atoms with E-state index in [1.54, 1.807) is 11.3 Å². The van der Waals surface area contributed by atoms with Crippen molar-refractivity contribution in [1.29, 1.82) is 0 Å². The number of likely N-dealkylation sites (tertiary alicyclic amines) is 1. The lowest BCUT2D eigenvalue weighted by molar-refractivity contribution is -0.177. The highest BCUT2D eigenvalue weighted by molar-refractivity contribution is 7.21. The van der Waals surface area contributed by atoms with Gasteiger partial charge in [0.1, 0.15) is 5.54 Å². The molecule has 3 heterocycles. The Morgan fingerprint density at radius 2 is 1.62 bits per heavy atom. The highest BCUT2D eigenvalue weighted by atomic mass is 32.1. The second kappa shape index (κ2) is 11.1. The van der Waals surface area contributed by atoms with E-state index >= 15 is 4.79 Å². The third kappa shape index (κ3) is 4.18. The Labute approximate surface area is 310 Å². The molecule has 2 bridgehead atoms. The van der Waals surface area contributed by atoms with Crippen LogP contribution in [0.3, 0.4) is 0 Å². The van der Waals surface area contributed by atoms with Crippen molar-refractivity contribution < 1.29 is 19.8 Å². The highest BCUT2D eigenvalue weighted by Gasteiger charge is 2.74. The number of para-hydroxylation sites is 1. The maximum Gasteiger partial charge on any atom is 0.247 e. The van der Waals surface area contributed by atoms with E-state index in [1.807, 2.05) is 30.3 Å². The first-order valence-corrected chi connectivity index (χ1v) is 20.5. The number of anilines is 1. The van der Waals surface area contributed by atoms with Crippen LogP contribution in [0.2, 0.25) is 0 Å². The second-order valence-corrected chi connectivity index (χ2v) is 19.1. The fourth-order valence-electron chi connectivity index (χ4n) is 13.3. The van der Waals surface area contributed by atoms with Gasteiger partial charge in [0, 0.05) is 51.8 Å². The number of β-amino-alcohol motifs (C(OH)–C–C–N with tert-alkyl or cyclic N) is 1. The second-order valence-electron chi connectivity index (χ2n) is 18.0. The zero-order valence-electron chi connectivity index (χ0n) is 30.4. The number of ketones is 1. The van der Waals surface area contributed by atoms with Crippen molar-refractivity contribution in [3.63, 3.8) is 0 Å². The summed E-state index contributed by atoms with van der Waals surface area (Å²) in [5, 5.41) is 28.3. The molecule has 1 amide bonds. The number of hydrogen-bond donors (Lipinski definition) is 3. The molecule has 6 aliphatic carbocycles. The van der Waals surface area contributed by atoms with Crippen LogP contribution in [0, 0.1) is 33.5 Å². The van der Waals surface area contributed by atoms with Crippen molar-refractivity contribution in [2.75, 3.05) is 31.2 Å². The van der Waals surface area contributed by atoms with Crippen LogP contribution >= 0.6 is 11.3 Å². The number of hydrogen-bond acceptors (Lipinski definition) is 7. The van der Waals surface area contributed by atoms with Crippen LogP contribution in [0.15, 0.2) is 84.5 Å². The Bertz CT molecular complexity index is 2000. The van der Waals surface area contributed by atoms with Gasteiger partial charge in [-0.2, -0.15) is 0 Å². The van der Waals surface area contributed by atoms with E-state index in [4.69, 9.17) is 0 Å². The number of amides is 1. The van der Waals surface area contributed by atoms with Crippen molar-refractivity contribution in [2.45, 2.75) is 88.9 Å². The van der Waals surface area contributed by atoms with Crippen molar-refractivity contribution in [3.05, 3.63) is 89.3 Å². The minimum atomic E-state index is -0.909. The van der Waals surface area contributed by atoms with Crippen LogP contribution in [0.5, 0.6) is 0 Å². The first-order chi connectivity index (χ1) is 25.0. The first-order valence-electron chi connectivity index (χ1n) is 19.7. The van der Waals surface area contributed by atoms with Gasteiger partial charge in [-0.3, -0.25) is 9.59 Å². The van der Waals surface area contributed by atoms with Gasteiger partial charge in [-0.25, -0.2) is 0 Å². The summed E-state index contributed by atoms with van der Waals surface area (Å²) in [6.07, 6.45) is 14.1. The minimum Gasteiger partial charge on any atom is -0.393 e. The number of carbonyl (C=O) groups excluding carboxylic acids is 2.